The summed E-state index contributed by atoms with van der Waals surface area (Å²) in [4.78, 5) is 49.1. The zero-order valence-corrected chi connectivity index (χ0v) is 11.3. The molecule has 0 amide bonds. The summed E-state index contributed by atoms with van der Waals surface area (Å²) in [5, 5.41) is 27.6. The number of hydrogen-bond acceptors (Lipinski definition) is 6. The Kier molecular flexibility index (Phi) is 3.97. The minimum absolute atomic E-state index is 0.137. The highest BCUT2D eigenvalue weighted by atomic mass is 16.7. The van der Waals surface area contributed by atoms with Gasteiger partial charge in [-0.15, -0.1) is 0 Å². The molecule has 0 saturated carbocycles. The molecule has 0 unspecified atom stereocenters. The van der Waals surface area contributed by atoms with E-state index in [2.05, 4.69) is 4.84 Å². The Bertz CT molecular complexity index is 871. The van der Waals surface area contributed by atoms with E-state index >= 15 is 0 Å². The fourth-order valence-corrected chi connectivity index (χ4v) is 2.11. The van der Waals surface area contributed by atoms with Gasteiger partial charge < -0.3 is 20.2 Å². The zero-order valence-electron chi connectivity index (χ0n) is 11.3. The first-order chi connectivity index (χ1) is 10.8. The van der Waals surface area contributed by atoms with Crippen LogP contribution in [0.15, 0.2) is 24.3 Å². The van der Waals surface area contributed by atoms with Crippen molar-refractivity contribution in [3.05, 3.63) is 46.5 Å². The van der Waals surface area contributed by atoms with E-state index in [0.717, 1.165) is 24.3 Å². The van der Waals surface area contributed by atoms with Crippen LogP contribution in [0.1, 0.15) is 41.4 Å². The summed E-state index contributed by atoms with van der Waals surface area (Å²) in [6, 6.07) is 4.17. The summed E-state index contributed by atoms with van der Waals surface area (Å²) in [7, 11) is 0. The van der Waals surface area contributed by atoms with Gasteiger partial charge in [-0.05, 0) is 35.0 Å². The van der Waals surface area contributed by atoms with Crippen molar-refractivity contribution in [2.24, 2.45) is 5.90 Å². The van der Waals surface area contributed by atoms with Gasteiger partial charge in [-0.2, -0.15) is 5.90 Å². The van der Waals surface area contributed by atoms with Crippen LogP contribution < -0.4 is 5.90 Å². The second kappa shape index (κ2) is 5.73. The van der Waals surface area contributed by atoms with Gasteiger partial charge in [0.05, 0.1) is 22.3 Å². The molecule has 0 aliphatic carbocycles. The highest BCUT2D eigenvalue weighted by molar-refractivity contribution is 6.10. The Labute approximate surface area is 127 Å². The summed E-state index contributed by atoms with van der Waals surface area (Å²) in [5.41, 5.74) is -1.84. The monoisotopic (exact) mass is 319 g/mol. The average Bonchev–Trinajstić information content (AvgIpc) is 2.51. The summed E-state index contributed by atoms with van der Waals surface area (Å²) in [6.07, 6.45) is 0. The lowest BCUT2D eigenvalue weighted by Gasteiger charge is -2.09. The quantitative estimate of drug-likeness (QED) is 0.600. The van der Waals surface area contributed by atoms with Crippen molar-refractivity contribution < 1.29 is 39.3 Å². The van der Waals surface area contributed by atoms with Gasteiger partial charge in [0.25, 0.3) is 0 Å². The number of carboxylic acids is 3. The molecule has 23 heavy (non-hydrogen) atoms. The SMILES string of the molecule is NOC(=O)c1cc2cc(C(=O)O)c(C(=O)O)cc2cc1C(=O)O. The summed E-state index contributed by atoms with van der Waals surface area (Å²) >= 11 is 0. The fourth-order valence-electron chi connectivity index (χ4n) is 2.11. The number of aromatic carboxylic acids is 3. The van der Waals surface area contributed by atoms with Gasteiger partial charge in [-0.1, -0.05) is 0 Å². The third-order valence-electron chi connectivity index (χ3n) is 3.13. The molecule has 2 aromatic carbocycles. The van der Waals surface area contributed by atoms with E-state index in [1.807, 2.05) is 0 Å². The third-order valence-corrected chi connectivity index (χ3v) is 3.13. The molecular formula is C14H9NO8. The second-order valence-corrected chi connectivity index (χ2v) is 4.46. The summed E-state index contributed by atoms with van der Waals surface area (Å²) < 4.78 is 0. The van der Waals surface area contributed by atoms with Crippen LogP contribution in [0.4, 0.5) is 0 Å². The molecule has 0 saturated heterocycles. The number of nitrogens with two attached hydrogens (primary N) is 1. The molecule has 0 fully saturated rings. The van der Waals surface area contributed by atoms with Crippen LogP contribution in [0.5, 0.6) is 0 Å². The maximum Gasteiger partial charge on any atom is 0.357 e. The van der Waals surface area contributed by atoms with Crippen molar-refractivity contribution in [1.29, 1.82) is 0 Å². The Morgan fingerprint density at radius 2 is 1.00 bits per heavy atom. The predicted molar refractivity (Wildman–Crippen MR) is 74.4 cm³/mol. The number of hydrogen-bond donors (Lipinski definition) is 4. The molecule has 118 valence electrons. The third kappa shape index (κ3) is 2.80. The Hall–Kier alpha value is -3.46. The number of carboxylic acid groups (broad SMARTS) is 3. The van der Waals surface area contributed by atoms with Gasteiger partial charge in [-0.3, -0.25) is 0 Å². The van der Waals surface area contributed by atoms with E-state index in [4.69, 9.17) is 21.2 Å². The largest absolute Gasteiger partial charge is 0.478 e. The molecule has 0 spiro atoms. The number of fused-ring (bicyclic) bond motifs is 1. The highest BCUT2D eigenvalue weighted by Crippen LogP contribution is 2.25. The fraction of sp³-hybridized carbons (Fsp3) is 0. The maximum atomic E-state index is 11.6. The van der Waals surface area contributed by atoms with Gasteiger partial charge in [0.1, 0.15) is 0 Å². The van der Waals surface area contributed by atoms with E-state index in [1.54, 1.807) is 0 Å². The smallest absolute Gasteiger partial charge is 0.357 e. The molecule has 0 heterocycles. The van der Waals surface area contributed by atoms with E-state index < -0.39 is 40.6 Å². The standard InChI is InChI=1S/C14H9NO8/c15-23-14(22)10-4-6-2-8(12(18)19)7(11(16)17)1-5(6)3-9(10)13(20)21/h1-4H,15H2,(H,16,17)(H,18,19)(H,20,21). The topological polar surface area (TPSA) is 164 Å². The van der Waals surface area contributed by atoms with Gasteiger partial charge in [0.15, 0.2) is 0 Å². The summed E-state index contributed by atoms with van der Waals surface area (Å²) in [6.45, 7) is 0. The van der Waals surface area contributed by atoms with Crippen LogP contribution >= 0.6 is 0 Å². The van der Waals surface area contributed by atoms with E-state index in [0.29, 0.717) is 0 Å². The number of rotatable bonds is 4. The predicted octanol–water partition coefficient (Wildman–Crippen LogP) is 0.965. The van der Waals surface area contributed by atoms with Crippen LogP contribution in [0.2, 0.25) is 0 Å². The number of carbonyl (C=O) groups is 4. The molecule has 0 radical (unpaired) electrons. The van der Waals surface area contributed by atoms with Crippen LogP contribution in [-0.2, 0) is 4.84 Å². The number of benzene rings is 2. The van der Waals surface area contributed by atoms with Crippen molar-refractivity contribution in [2.75, 3.05) is 0 Å². The first kappa shape index (κ1) is 15.9. The molecule has 9 nitrogen and oxygen atoms in total. The molecule has 0 aliphatic rings. The molecule has 0 bridgehead atoms. The molecular weight excluding hydrogens is 310 g/mol. The lowest BCUT2D eigenvalue weighted by molar-refractivity contribution is 0.0493. The molecule has 5 N–H and O–H groups in total. The number of carbonyl (C=O) groups excluding carboxylic acids is 1. The van der Waals surface area contributed by atoms with Crippen molar-refractivity contribution in [3.8, 4) is 0 Å². The van der Waals surface area contributed by atoms with Crippen LogP contribution in [0.25, 0.3) is 10.8 Å². The molecule has 0 aromatic heterocycles. The van der Waals surface area contributed by atoms with Gasteiger partial charge in [0, 0.05) is 0 Å². The minimum Gasteiger partial charge on any atom is -0.478 e. The lowest BCUT2D eigenvalue weighted by atomic mass is 9.96. The first-order valence-corrected chi connectivity index (χ1v) is 5.99. The van der Waals surface area contributed by atoms with Crippen molar-refractivity contribution in [1.82, 2.24) is 0 Å². The first-order valence-electron chi connectivity index (χ1n) is 5.99. The van der Waals surface area contributed by atoms with E-state index in [1.165, 1.54) is 0 Å². The van der Waals surface area contributed by atoms with Crippen molar-refractivity contribution in [2.45, 2.75) is 0 Å². The van der Waals surface area contributed by atoms with Crippen LogP contribution in [0.3, 0.4) is 0 Å². The van der Waals surface area contributed by atoms with Gasteiger partial charge in [-0.25, -0.2) is 19.2 Å². The average molecular weight is 319 g/mol. The Morgan fingerprint density at radius 3 is 1.30 bits per heavy atom. The van der Waals surface area contributed by atoms with Gasteiger partial charge >= 0.3 is 23.9 Å². The Balaban J connectivity index is 2.88. The highest BCUT2D eigenvalue weighted by Gasteiger charge is 2.22. The van der Waals surface area contributed by atoms with E-state index in [9.17, 15) is 19.2 Å². The zero-order chi connectivity index (χ0) is 17.3. The molecule has 0 atom stereocenters. The van der Waals surface area contributed by atoms with Crippen molar-refractivity contribution in [3.63, 3.8) is 0 Å². The van der Waals surface area contributed by atoms with Crippen molar-refractivity contribution >= 4 is 34.6 Å². The van der Waals surface area contributed by atoms with E-state index in [-0.39, 0.29) is 16.3 Å². The molecule has 9 heteroatoms. The lowest BCUT2D eigenvalue weighted by Crippen LogP contribution is -2.15. The Morgan fingerprint density at radius 1 is 0.696 bits per heavy atom. The summed E-state index contributed by atoms with van der Waals surface area (Å²) in [5.74, 6) is -0.787. The second-order valence-electron chi connectivity index (χ2n) is 4.46. The van der Waals surface area contributed by atoms with Gasteiger partial charge in [0.2, 0.25) is 0 Å². The molecule has 0 aliphatic heterocycles. The maximum absolute atomic E-state index is 11.6. The van der Waals surface area contributed by atoms with Crippen LogP contribution in [0, 0.1) is 0 Å². The normalized spacial score (nSPS) is 10.3. The molecule has 2 rings (SSSR count). The molecule has 2 aromatic rings. The minimum atomic E-state index is -1.48. The van der Waals surface area contributed by atoms with Crippen LogP contribution in [-0.4, -0.2) is 39.2 Å².